The Morgan fingerprint density at radius 3 is 1.95 bits per heavy atom. The molecule has 3 saturated heterocycles. The van der Waals surface area contributed by atoms with Gasteiger partial charge in [0.1, 0.15) is 0 Å². The van der Waals surface area contributed by atoms with Gasteiger partial charge in [0.2, 0.25) is 0 Å². The molecule has 22 heavy (non-hydrogen) atoms. The number of carbonyl (C=O) groups is 4. The average molecular weight is 314 g/mol. The highest BCUT2D eigenvalue weighted by Gasteiger charge is 2.32. The third kappa shape index (κ3) is 5.94. The summed E-state index contributed by atoms with van der Waals surface area (Å²) in [6.07, 6.45) is 2.56. The van der Waals surface area contributed by atoms with E-state index in [1.165, 1.54) is 0 Å². The molecule has 0 radical (unpaired) electrons. The first kappa shape index (κ1) is 17.7. The number of hydrogen-bond acceptors (Lipinski definition) is 7. The number of esters is 3. The van der Waals surface area contributed by atoms with Crippen LogP contribution in [0.1, 0.15) is 25.7 Å². The quantitative estimate of drug-likeness (QED) is 0.321. The third-order valence-electron chi connectivity index (χ3n) is 2.95. The van der Waals surface area contributed by atoms with E-state index in [0.717, 1.165) is 6.42 Å². The Morgan fingerprint density at radius 2 is 1.77 bits per heavy atom. The van der Waals surface area contributed by atoms with Crippen molar-refractivity contribution in [2.75, 3.05) is 19.8 Å². The molecule has 0 saturated carbocycles. The van der Waals surface area contributed by atoms with E-state index in [0.29, 0.717) is 38.0 Å². The van der Waals surface area contributed by atoms with Gasteiger partial charge in [0, 0.05) is 24.8 Å². The van der Waals surface area contributed by atoms with Gasteiger partial charge in [0.25, 0.3) is 0 Å². The van der Waals surface area contributed by atoms with E-state index >= 15 is 0 Å². The summed E-state index contributed by atoms with van der Waals surface area (Å²) in [7, 11) is 0. The van der Waals surface area contributed by atoms with E-state index in [4.69, 9.17) is 5.11 Å². The summed E-state index contributed by atoms with van der Waals surface area (Å²) in [5, 5.41) is 8.28. The lowest BCUT2D eigenvalue weighted by atomic mass is 10.1. The molecule has 3 aliphatic heterocycles. The maximum Gasteiger partial charge on any atom is 0.333 e. The number of hydrogen-bond donors (Lipinski definition) is 1. The molecule has 3 rings (SSSR count). The van der Waals surface area contributed by atoms with Gasteiger partial charge in [-0.2, -0.15) is 0 Å². The maximum atomic E-state index is 10.4. The molecule has 0 aromatic carbocycles. The molecule has 1 atom stereocenters. The predicted octanol–water partition coefficient (Wildman–Crippen LogP) is 0.447. The van der Waals surface area contributed by atoms with Gasteiger partial charge < -0.3 is 19.3 Å². The van der Waals surface area contributed by atoms with Crippen LogP contribution in [-0.4, -0.2) is 48.8 Å². The van der Waals surface area contributed by atoms with Gasteiger partial charge in [0.05, 0.1) is 19.8 Å². The van der Waals surface area contributed by atoms with Crippen molar-refractivity contribution >= 4 is 23.9 Å². The Balaban J connectivity index is 0.000000169. The fraction of sp³-hybridized carbons (Fsp3) is 0.571. The SMILES string of the molecule is C=C1CCOC1=O.O=C(O)C1CCOC1=O.O=C1CCCO1. The molecule has 8 nitrogen and oxygen atoms in total. The minimum absolute atomic E-state index is 0.0463. The van der Waals surface area contributed by atoms with Crippen molar-refractivity contribution in [1.29, 1.82) is 0 Å². The van der Waals surface area contributed by atoms with E-state index in [-0.39, 0.29) is 18.5 Å². The molecule has 1 unspecified atom stereocenters. The Hall–Kier alpha value is -2.38. The van der Waals surface area contributed by atoms with Crippen LogP contribution in [0.25, 0.3) is 0 Å². The molecule has 0 aliphatic carbocycles. The van der Waals surface area contributed by atoms with Crippen molar-refractivity contribution in [2.24, 2.45) is 5.92 Å². The van der Waals surface area contributed by atoms with Gasteiger partial charge in [-0.1, -0.05) is 6.58 Å². The van der Waals surface area contributed by atoms with E-state index < -0.39 is 17.9 Å². The molecule has 3 fully saturated rings. The summed E-state index contributed by atoms with van der Waals surface area (Å²) in [6, 6.07) is 0. The minimum Gasteiger partial charge on any atom is -0.481 e. The first-order valence-electron chi connectivity index (χ1n) is 6.81. The van der Waals surface area contributed by atoms with Gasteiger partial charge in [-0.15, -0.1) is 0 Å². The van der Waals surface area contributed by atoms with E-state index in [1.807, 2.05) is 0 Å². The molecule has 0 amide bonds. The number of carboxylic acids is 1. The lowest BCUT2D eigenvalue weighted by Gasteiger charge is -1.93. The number of carboxylic acid groups (broad SMARTS) is 1. The second-order valence-corrected chi connectivity index (χ2v) is 4.66. The maximum absolute atomic E-state index is 10.4. The highest BCUT2D eigenvalue weighted by Crippen LogP contribution is 2.13. The molecule has 3 heterocycles. The summed E-state index contributed by atoms with van der Waals surface area (Å²) in [5.74, 6) is -2.89. The summed E-state index contributed by atoms with van der Waals surface area (Å²) in [4.78, 5) is 40.8. The first-order valence-corrected chi connectivity index (χ1v) is 6.81. The zero-order chi connectivity index (χ0) is 16.5. The van der Waals surface area contributed by atoms with Gasteiger partial charge in [-0.3, -0.25) is 14.4 Å². The molecule has 0 aromatic heterocycles. The molecule has 0 spiro atoms. The lowest BCUT2D eigenvalue weighted by Crippen LogP contribution is -2.17. The van der Waals surface area contributed by atoms with Crippen LogP contribution in [0.4, 0.5) is 0 Å². The Kier molecular flexibility index (Phi) is 7.07. The fourth-order valence-electron chi connectivity index (χ4n) is 1.67. The molecular formula is C14H18O8. The summed E-state index contributed by atoms with van der Waals surface area (Å²) in [5.41, 5.74) is 0.597. The van der Waals surface area contributed by atoms with Crippen LogP contribution in [0.15, 0.2) is 12.2 Å². The first-order chi connectivity index (χ1) is 10.4. The van der Waals surface area contributed by atoms with E-state index in [2.05, 4.69) is 20.8 Å². The number of carbonyl (C=O) groups excluding carboxylic acids is 3. The van der Waals surface area contributed by atoms with Crippen LogP contribution in [0, 0.1) is 5.92 Å². The largest absolute Gasteiger partial charge is 0.481 e. The Labute approximate surface area is 127 Å². The highest BCUT2D eigenvalue weighted by molar-refractivity contribution is 5.94. The fourth-order valence-corrected chi connectivity index (χ4v) is 1.67. The van der Waals surface area contributed by atoms with Crippen LogP contribution >= 0.6 is 0 Å². The normalized spacial score (nSPS) is 22.6. The van der Waals surface area contributed by atoms with Crippen molar-refractivity contribution < 1.29 is 38.5 Å². The van der Waals surface area contributed by atoms with Crippen molar-refractivity contribution in [3.05, 3.63) is 12.2 Å². The zero-order valence-electron chi connectivity index (χ0n) is 12.0. The van der Waals surface area contributed by atoms with Crippen LogP contribution in [-0.2, 0) is 33.4 Å². The Bertz CT molecular complexity index is 445. The topological polar surface area (TPSA) is 116 Å². The zero-order valence-corrected chi connectivity index (χ0v) is 12.0. The van der Waals surface area contributed by atoms with Crippen LogP contribution < -0.4 is 0 Å². The standard InChI is InChI=1S/C5H6O4.C5H6O2.C4H6O2/c6-4(7)3-1-2-9-5(3)8;1-4-2-3-7-5(4)6;5-4-2-1-3-6-4/h3H,1-2H2,(H,6,7);1-3H2;1-3H2. The molecule has 8 heteroatoms. The molecule has 122 valence electrons. The minimum atomic E-state index is -1.09. The number of aliphatic carboxylic acids is 1. The second kappa shape index (κ2) is 8.81. The monoisotopic (exact) mass is 314 g/mol. The van der Waals surface area contributed by atoms with Crippen molar-refractivity contribution in [3.63, 3.8) is 0 Å². The summed E-state index contributed by atoms with van der Waals surface area (Å²) < 4.78 is 13.4. The predicted molar refractivity (Wildman–Crippen MR) is 71.6 cm³/mol. The van der Waals surface area contributed by atoms with Crippen molar-refractivity contribution in [3.8, 4) is 0 Å². The second-order valence-electron chi connectivity index (χ2n) is 4.66. The molecule has 1 N–H and O–H groups in total. The van der Waals surface area contributed by atoms with Gasteiger partial charge >= 0.3 is 23.9 Å². The average Bonchev–Trinajstić information content (AvgIpc) is 3.17. The van der Waals surface area contributed by atoms with Crippen LogP contribution in [0.2, 0.25) is 0 Å². The number of ether oxygens (including phenoxy) is 3. The van der Waals surface area contributed by atoms with E-state index in [9.17, 15) is 19.2 Å². The smallest absolute Gasteiger partial charge is 0.333 e. The Morgan fingerprint density at radius 1 is 1.05 bits per heavy atom. The third-order valence-corrected chi connectivity index (χ3v) is 2.95. The molecule has 0 bridgehead atoms. The molecular weight excluding hydrogens is 296 g/mol. The number of cyclic esters (lactones) is 3. The van der Waals surface area contributed by atoms with Crippen molar-refractivity contribution in [1.82, 2.24) is 0 Å². The van der Waals surface area contributed by atoms with Gasteiger partial charge in [-0.05, 0) is 6.42 Å². The summed E-state index contributed by atoms with van der Waals surface area (Å²) in [6.45, 7) is 4.87. The highest BCUT2D eigenvalue weighted by atomic mass is 16.5. The van der Waals surface area contributed by atoms with E-state index in [1.54, 1.807) is 0 Å². The van der Waals surface area contributed by atoms with Gasteiger partial charge in [0.15, 0.2) is 5.92 Å². The van der Waals surface area contributed by atoms with Crippen LogP contribution in [0.5, 0.6) is 0 Å². The molecule has 0 aromatic rings. The van der Waals surface area contributed by atoms with Crippen LogP contribution in [0.3, 0.4) is 0 Å². The number of rotatable bonds is 1. The van der Waals surface area contributed by atoms with Gasteiger partial charge in [-0.25, -0.2) is 4.79 Å². The van der Waals surface area contributed by atoms with Crippen molar-refractivity contribution in [2.45, 2.75) is 25.7 Å². The lowest BCUT2D eigenvalue weighted by molar-refractivity contribution is -0.151. The summed E-state index contributed by atoms with van der Waals surface area (Å²) >= 11 is 0. The molecule has 3 aliphatic rings.